The van der Waals surface area contributed by atoms with Crippen LogP contribution in [0.4, 0.5) is 0 Å². The Labute approximate surface area is 153 Å². The third-order valence-electron chi connectivity index (χ3n) is 5.30. The third-order valence-corrected chi connectivity index (χ3v) is 5.30. The molecule has 1 heterocycles. The van der Waals surface area contributed by atoms with Gasteiger partial charge >= 0.3 is 0 Å². The molecule has 5 heteroatoms. The summed E-state index contributed by atoms with van der Waals surface area (Å²) < 4.78 is 10.6. The van der Waals surface area contributed by atoms with E-state index in [-0.39, 0.29) is 17.9 Å². The number of benzene rings is 2. The molecule has 2 atom stereocenters. The number of carbonyl (C=O) groups is 1. The van der Waals surface area contributed by atoms with Gasteiger partial charge in [-0.3, -0.25) is 4.79 Å². The summed E-state index contributed by atoms with van der Waals surface area (Å²) in [7, 11) is 3.33. The molecule has 1 aliphatic heterocycles. The highest BCUT2D eigenvalue weighted by molar-refractivity contribution is 6.06. The molecule has 0 fully saturated rings. The third kappa shape index (κ3) is 2.64. The zero-order valence-electron chi connectivity index (χ0n) is 15.2. The standard InChI is InChI=1S/C21H22N2O3/c1-13(24)23-21(14-4-7-16(25-2)8-5-14)19-10-6-15-12-17(26-3)9-11-18(15)20(19)22-23/h4-5,7-9,11-12,19,21H,6,10H2,1-3H3. The monoisotopic (exact) mass is 350 g/mol. The zero-order valence-corrected chi connectivity index (χ0v) is 15.2. The van der Waals surface area contributed by atoms with Crippen LogP contribution in [0.5, 0.6) is 11.5 Å². The molecule has 0 bridgehead atoms. The summed E-state index contributed by atoms with van der Waals surface area (Å²) in [6, 6.07) is 14.0. The van der Waals surface area contributed by atoms with Crippen molar-refractivity contribution in [3.05, 3.63) is 59.2 Å². The van der Waals surface area contributed by atoms with Gasteiger partial charge in [0.05, 0.1) is 26.0 Å². The lowest BCUT2D eigenvalue weighted by atomic mass is 9.77. The lowest BCUT2D eigenvalue weighted by molar-refractivity contribution is -0.131. The van der Waals surface area contributed by atoms with Crippen molar-refractivity contribution in [3.8, 4) is 11.5 Å². The van der Waals surface area contributed by atoms with Gasteiger partial charge in [-0.2, -0.15) is 5.10 Å². The van der Waals surface area contributed by atoms with Crippen molar-refractivity contribution in [1.29, 1.82) is 0 Å². The van der Waals surface area contributed by atoms with Gasteiger partial charge in [-0.25, -0.2) is 5.01 Å². The number of hydrogen-bond donors (Lipinski definition) is 0. The van der Waals surface area contributed by atoms with Crippen LogP contribution >= 0.6 is 0 Å². The van der Waals surface area contributed by atoms with Gasteiger partial charge in [-0.15, -0.1) is 0 Å². The quantitative estimate of drug-likeness (QED) is 0.850. The van der Waals surface area contributed by atoms with Gasteiger partial charge in [-0.1, -0.05) is 12.1 Å². The Bertz CT molecular complexity index is 873. The average molecular weight is 350 g/mol. The molecule has 26 heavy (non-hydrogen) atoms. The summed E-state index contributed by atoms with van der Waals surface area (Å²) in [6.07, 6.45) is 1.91. The van der Waals surface area contributed by atoms with Crippen molar-refractivity contribution in [2.45, 2.75) is 25.8 Å². The maximum atomic E-state index is 12.3. The minimum absolute atomic E-state index is 0.0391. The van der Waals surface area contributed by atoms with Crippen LogP contribution in [0.2, 0.25) is 0 Å². The van der Waals surface area contributed by atoms with Crippen molar-refractivity contribution >= 4 is 11.6 Å². The van der Waals surface area contributed by atoms with E-state index in [1.807, 2.05) is 30.3 Å². The molecule has 1 amide bonds. The van der Waals surface area contributed by atoms with Crippen LogP contribution in [-0.2, 0) is 11.2 Å². The Morgan fingerprint density at radius 2 is 1.77 bits per heavy atom. The van der Waals surface area contributed by atoms with Crippen LogP contribution in [-0.4, -0.2) is 30.8 Å². The van der Waals surface area contributed by atoms with E-state index >= 15 is 0 Å². The molecule has 2 aliphatic rings. The first kappa shape index (κ1) is 16.6. The van der Waals surface area contributed by atoms with Crippen LogP contribution in [0.1, 0.15) is 36.1 Å². The zero-order chi connectivity index (χ0) is 18.3. The molecule has 2 aromatic carbocycles. The van der Waals surface area contributed by atoms with E-state index in [1.165, 1.54) is 5.56 Å². The average Bonchev–Trinajstić information content (AvgIpc) is 3.07. The molecule has 0 radical (unpaired) electrons. The highest BCUT2D eigenvalue weighted by Gasteiger charge is 2.43. The largest absolute Gasteiger partial charge is 0.497 e. The molecule has 0 saturated carbocycles. The van der Waals surface area contributed by atoms with Crippen LogP contribution in [0.3, 0.4) is 0 Å². The minimum atomic E-state index is -0.0661. The summed E-state index contributed by atoms with van der Waals surface area (Å²) >= 11 is 0. The normalized spacial score (nSPS) is 20.9. The maximum absolute atomic E-state index is 12.3. The predicted octanol–water partition coefficient (Wildman–Crippen LogP) is 3.57. The van der Waals surface area contributed by atoms with E-state index in [2.05, 4.69) is 12.1 Å². The molecule has 5 nitrogen and oxygen atoms in total. The number of hydrazone groups is 1. The second-order valence-electron chi connectivity index (χ2n) is 6.74. The number of hydrogen-bond acceptors (Lipinski definition) is 4. The lowest BCUT2D eigenvalue weighted by Crippen LogP contribution is -2.31. The number of ether oxygens (including phenoxy) is 2. The molecule has 4 rings (SSSR count). The summed E-state index contributed by atoms with van der Waals surface area (Å²) in [5, 5.41) is 6.38. The fourth-order valence-electron chi connectivity index (χ4n) is 4.03. The van der Waals surface area contributed by atoms with Crippen LogP contribution in [0.15, 0.2) is 47.6 Å². The number of fused-ring (bicyclic) bond motifs is 3. The van der Waals surface area contributed by atoms with Crippen molar-refractivity contribution in [3.63, 3.8) is 0 Å². The molecule has 0 saturated heterocycles. The van der Waals surface area contributed by atoms with E-state index in [0.717, 1.165) is 41.2 Å². The molecule has 0 spiro atoms. The molecule has 0 N–H and O–H groups in total. The first-order chi connectivity index (χ1) is 12.6. The number of aryl methyl sites for hydroxylation is 1. The number of rotatable bonds is 3. The van der Waals surface area contributed by atoms with Crippen molar-refractivity contribution in [2.24, 2.45) is 11.0 Å². The summed E-state index contributed by atoms with van der Waals surface area (Å²) in [5.41, 5.74) is 4.45. The molecule has 0 aromatic heterocycles. The van der Waals surface area contributed by atoms with Crippen LogP contribution in [0.25, 0.3) is 0 Å². The Kier molecular flexibility index (Phi) is 4.15. The van der Waals surface area contributed by atoms with Crippen molar-refractivity contribution < 1.29 is 14.3 Å². The Hall–Kier alpha value is -2.82. The van der Waals surface area contributed by atoms with Gasteiger partial charge in [0, 0.05) is 18.4 Å². The van der Waals surface area contributed by atoms with E-state index < -0.39 is 0 Å². The number of nitrogens with zero attached hydrogens (tertiary/aromatic N) is 2. The summed E-state index contributed by atoms with van der Waals surface area (Å²) in [6.45, 7) is 1.58. The minimum Gasteiger partial charge on any atom is -0.497 e. The van der Waals surface area contributed by atoms with E-state index in [4.69, 9.17) is 14.6 Å². The first-order valence-electron chi connectivity index (χ1n) is 8.82. The fourth-order valence-corrected chi connectivity index (χ4v) is 4.03. The highest BCUT2D eigenvalue weighted by atomic mass is 16.5. The van der Waals surface area contributed by atoms with Gasteiger partial charge in [0.2, 0.25) is 5.91 Å². The molecule has 134 valence electrons. The Balaban J connectivity index is 1.75. The van der Waals surface area contributed by atoms with Gasteiger partial charge in [0.25, 0.3) is 0 Å². The number of amides is 1. The first-order valence-corrected chi connectivity index (χ1v) is 8.82. The van der Waals surface area contributed by atoms with Crippen LogP contribution < -0.4 is 9.47 Å². The Morgan fingerprint density at radius 1 is 1.08 bits per heavy atom. The van der Waals surface area contributed by atoms with E-state index in [0.29, 0.717) is 0 Å². The second kappa shape index (κ2) is 6.48. The van der Waals surface area contributed by atoms with Gasteiger partial charge in [0.15, 0.2) is 0 Å². The lowest BCUT2D eigenvalue weighted by Gasteiger charge is -2.29. The highest BCUT2D eigenvalue weighted by Crippen LogP contribution is 2.44. The SMILES string of the molecule is COc1ccc(C2C3CCc4cc(OC)ccc4C3=NN2C(C)=O)cc1. The summed E-state index contributed by atoms with van der Waals surface area (Å²) in [4.78, 5) is 12.3. The smallest absolute Gasteiger partial charge is 0.240 e. The van der Waals surface area contributed by atoms with Crippen molar-refractivity contribution in [1.82, 2.24) is 5.01 Å². The van der Waals surface area contributed by atoms with Gasteiger partial charge < -0.3 is 9.47 Å². The van der Waals surface area contributed by atoms with Crippen molar-refractivity contribution in [2.75, 3.05) is 14.2 Å². The molecule has 1 aliphatic carbocycles. The van der Waals surface area contributed by atoms with Gasteiger partial charge in [0.1, 0.15) is 11.5 Å². The molecule has 2 unspecified atom stereocenters. The maximum Gasteiger partial charge on any atom is 0.240 e. The second-order valence-corrected chi connectivity index (χ2v) is 6.74. The van der Waals surface area contributed by atoms with Crippen LogP contribution in [0, 0.1) is 5.92 Å². The Morgan fingerprint density at radius 3 is 2.42 bits per heavy atom. The van der Waals surface area contributed by atoms with E-state index in [1.54, 1.807) is 26.2 Å². The van der Waals surface area contributed by atoms with E-state index in [9.17, 15) is 4.79 Å². The topological polar surface area (TPSA) is 51.1 Å². The van der Waals surface area contributed by atoms with Gasteiger partial charge in [-0.05, 0) is 54.3 Å². The number of carbonyl (C=O) groups excluding carboxylic acids is 1. The fraction of sp³-hybridized carbons (Fsp3) is 0.333. The molecule has 2 aromatic rings. The number of methoxy groups -OCH3 is 2. The molecular formula is C21H22N2O3. The summed E-state index contributed by atoms with van der Waals surface area (Å²) in [5.74, 6) is 1.83. The predicted molar refractivity (Wildman–Crippen MR) is 99.6 cm³/mol. The molecular weight excluding hydrogens is 328 g/mol.